The second kappa shape index (κ2) is 8.62. The van der Waals surface area contributed by atoms with Crippen LogP contribution in [0.15, 0.2) is 78.1 Å². The monoisotopic (exact) mass is 362 g/mol. The molecule has 2 aromatic carbocycles. The summed E-state index contributed by atoms with van der Waals surface area (Å²) in [7, 11) is 0. The van der Waals surface area contributed by atoms with Gasteiger partial charge in [-0.2, -0.15) is 0 Å². The van der Waals surface area contributed by atoms with Gasteiger partial charge < -0.3 is 15.1 Å². The summed E-state index contributed by atoms with van der Waals surface area (Å²) in [5.74, 6) is -0.367. The summed E-state index contributed by atoms with van der Waals surface area (Å²) < 4.78 is 5.81. The largest absolute Gasteiger partial charge is 0.489 e. The minimum atomic E-state index is -1.06. The number of carboxylic acids is 1. The highest BCUT2D eigenvalue weighted by atomic mass is 16.5. The van der Waals surface area contributed by atoms with E-state index >= 15 is 0 Å². The van der Waals surface area contributed by atoms with Gasteiger partial charge in [0.1, 0.15) is 18.1 Å². The molecule has 0 aliphatic carbocycles. The number of oxime groups is 1. The van der Waals surface area contributed by atoms with E-state index in [2.05, 4.69) is 10.1 Å². The van der Waals surface area contributed by atoms with Crippen molar-refractivity contribution in [1.29, 1.82) is 0 Å². The van der Waals surface area contributed by atoms with E-state index in [1.807, 2.05) is 54.6 Å². The zero-order valence-corrected chi connectivity index (χ0v) is 14.4. The van der Waals surface area contributed by atoms with E-state index < -0.39 is 5.97 Å². The molecule has 136 valence electrons. The van der Waals surface area contributed by atoms with Crippen LogP contribution in [0.1, 0.15) is 27.2 Å². The Hall–Kier alpha value is -3.67. The van der Waals surface area contributed by atoms with Crippen molar-refractivity contribution in [1.82, 2.24) is 4.98 Å². The Morgan fingerprint density at radius 2 is 1.78 bits per heavy atom. The third-order valence-electron chi connectivity index (χ3n) is 3.94. The van der Waals surface area contributed by atoms with Gasteiger partial charge in [-0.25, -0.2) is 4.79 Å². The van der Waals surface area contributed by atoms with Crippen molar-refractivity contribution >= 4 is 11.7 Å². The highest BCUT2D eigenvalue weighted by Gasteiger charge is 2.11. The molecule has 27 heavy (non-hydrogen) atoms. The van der Waals surface area contributed by atoms with Crippen molar-refractivity contribution in [3.63, 3.8) is 0 Å². The van der Waals surface area contributed by atoms with Crippen LogP contribution in [0.5, 0.6) is 5.75 Å². The van der Waals surface area contributed by atoms with Gasteiger partial charge in [-0.1, -0.05) is 47.6 Å². The van der Waals surface area contributed by atoms with Gasteiger partial charge in [0.05, 0.1) is 11.3 Å². The zero-order valence-electron chi connectivity index (χ0n) is 14.4. The van der Waals surface area contributed by atoms with Crippen molar-refractivity contribution in [2.24, 2.45) is 5.16 Å². The fourth-order valence-electron chi connectivity index (χ4n) is 2.58. The first-order chi connectivity index (χ1) is 13.2. The second-order valence-corrected chi connectivity index (χ2v) is 5.88. The number of carbonyl (C=O) groups is 1. The van der Waals surface area contributed by atoms with E-state index in [4.69, 9.17) is 9.84 Å². The highest BCUT2D eigenvalue weighted by Crippen LogP contribution is 2.17. The number of ether oxygens (including phenoxy) is 1. The lowest BCUT2D eigenvalue weighted by Gasteiger charge is -2.09. The molecular weight excluding hydrogens is 344 g/mol. The van der Waals surface area contributed by atoms with Gasteiger partial charge in [0.2, 0.25) is 0 Å². The number of carboxylic acid groups (broad SMARTS) is 1. The molecule has 1 heterocycles. The second-order valence-electron chi connectivity index (χ2n) is 5.88. The summed E-state index contributed by atoms with van der Waals surface area (Å²) in [5, 5.41) is 21.8. The van der Waals surface area contributed by atoms with Crippen molar-refractivity contribution in [2.75, 3.05) is 0 Å². The third kappa shape index (κ3) is 4.92. The number of benzene rings is 2. The lowest BCUT2D eigenvalue weighted by Crippen LogP contribution is -2.10. The molecule has 2 N–H and O–H groups in total. The number of pyridine rings is 1. The van der Waals surface area contributed by atoms with E-state index in [0.717, 1.165) is 11.1 Å². The number of aromatic nitrogens is 1. The molecule has 1 aromatic heterocycles. The Morgan fingerprint density at radius 3 is 2.52 bits per heavy atom. The van der Waals surface area contributed by atoms with Gasteiger partial charge in [0, 0.05) is 12.6 Å². The highest BCUT2D eigenvalue weighted by molar-refractivity contribution is 6.01. The summed E-state index contributed by atoms with van der Waals surface area (Å²) >= 11 is 0. The molecule has 0 radical (unpaired) electrons. The molecule has 3 aromatic rings. The number of aromatic carboxylic acids is 1. The summed E-state index contributed by atoms with van der Waals surface area (Å²) in [4.78, 5) is 15.2. The number of hydrogen-bond donors (Lipinski definition) is 2. The Morgan fingerprint density at radius 1 is 1.00 bits per heavy atom. The molecule has 0 aliphatic heterocycles. The van der Waals surface area contributed by atoms with E-state index in [1.165, 1.54) is 18.3 Å². The third-order valence-corrected chi connectivity index (χ3v) is 3.94. The van der Waals surface area contributed by atoms with E-state index in [-0.39, 0.29) is 17.7 Å². The molecule has 0 aliphatic rings. The van der Waals surface area contributed by atoms with Gasteiger partial charge in [0.25, 0.3) is 0 Å². The van der Waals surface area contributed by atoms with E-state index in [1.54, 1.807) is 0 Å². The first-order valence-corrected chi connectivity index (χ1v) is 8.32. The molecule has 0 bridgehead atoms. The Balaban J connectivity index is 1.72. The quantitative estimate of drug-likeness (QED) is 0.379. The summed E-state index contributed by atoms with van der Waals surface area (Å²) in [5.41, 5.74) is 2.60. The van der Waals surface area contributed by atoms with E-state index in [0.29, 0.717) is 18.1 Å². The van der Waals surface area contributed by atoms with Gasteiger partial charge >= 0.3 is 5.97 Å². The van der Waals surface area contributed by atoms with Gasteiger partial charge in [-0.3, -0.25) is 4.98 Å². The van der Waals surface area contributed by atoms with Crippen LogP contribution in [0.3, 0.4) is 0 Å². The number of rotatable bonds is 7. The van der Waals surface area contributed by atoms with Crippen molar-refractivity contribution < 1.29 is 19.8 Å². The van der Waals surface area contributed by atoms with Gasteiger partial charge in [-0.15, -0.1) is 0 Å². The SMILES string of the molecule is O=C(O)c1ccnc(/C(Cc2cccc(OCc3ccccc3)c2)=N/O)c1. The summed E-state index contributed by atoms with van der Waals surface area (Å²) in [6, 6.07) is 20.0. The maximum Gasteiger partial charge on any atom is 0.335 e. The minimum absolute atomic E-state index is 0.0843. The fourth-order valence-corrected chi connectivity index (χ4v) is 2.58. The first-order valence-electron chi connectivity index (χ1n) is 8.32. The molecular formula is C21H18N2O4. The Bertz CT molecular complexity index is 955. The van der Waals surface area contributed by atoms with Crippen LogP contribution < -0.4 is 4.74 Å². The van der Waals surface area contributed by atoms with Crippen LogP contribution in [0.25, 0.3) is 0 Å². The summed E-state index contributed by atoms with van der Waals surface area (Å²) in [6.45, 7) is 0.452. The first kappa shape index (κ1) is 18.1. The summed E-state index contributed by atoms with van der Waals surface area (Å²) in [6.07, 6.45) is 1.67. The molecule has 0 fully saturated rings. The topological polar surface area (TPSA) is 92.0 Å². The van der Waals surface area contributed by atoms with Crippen LogP contribution in [-0.4, -0.2) is 27.0 Å². The van der Waals surface area contributed by atoms with E-state index in [9.17, 15) is 10.0 Å². The molecule has 0 saturated carbocycles. The number of nitrogens with zero attached hydrogens (tertiary/aromatic N) is 2. The lowest BCUT2D eigenvalue weighted by atomic mass is 10.0. The molecule has 3 rings (SSSR count). The smallest absolute Gasteiger partial charge is 0.335 e. The van der Waals surface area contributed by atoms with Crippen molar-refractivity contribution in [3.8, 4) is 5.75 Å². The predicted octanol–water partition coefficient (Wildman–Crippen LogP) is 3.78. The minimum Gasteiger partial charge on any atom is -0.489 e. The average Bonchev–Trinajstić information content (AvgIpc) is 2.71. The van der Waals surface area contributed by atoms with Gasteiger partial charge in [-0.05, 0) is 35.4 Å². The Labute approximate surface area is 156 Å². The van der Waals surface area contributed by atoms with Gasteiger partial charge in [0.15, 0.2) is 0 Å². The fraction of sp³-hybridized carbons (Fsp3) is 0.0952. The van der Waals surface area contributed by atoms with Crippen LogP contribution in [0, 0.1) is 0 Å². The van der Waals surface area contributed by atoms with Crippen molar-refractivity contribution in [3.05, 3.63) is 95.3 Å². The van der Waals surface area contributed by atoms with Crippen LogP contribution in [-0.2, 0) is 13.0 Å². The average molecular weight is 362 g/mol. The molecule has 6 nitrogen and oxygen atoms in total. The number of hydrogen-bond acceptors (Lipinski definition) is 5. The maximum absolute atomic E-state index is 11.1. The van der Waals surface area contributed by atoms with Crippen LogP contribution >= 0.6 is 0 Å². The molecule has 0 saturated heterocycles. The zero-order chi connectivity index (χ0) is 19.1. The van der Waals surface area contributed by atoms with Crippen LogP contribution in [0.4, 0.5) is 0 Å². The normalized spacial score (nSPS) is 11.2. The molecule has 0 atom stereocenters. The molecule has 6 heteroatoms. The standard InChI is InChI=1S/C21H18N2O4/c24-21(25)17-9-10-22-19(13-17)20(23-26)12-16-7-4-8-18(11-16)27-14-15-5-2-1-3-6-15/h1-11,13,26H,12,14H2,(H,24,25)/b23-20+. The predicted molar refractivity (Wildman–Crippen MR) is 100 cm³/mol. The molecule has 0 spiro atoms. The molecule has 0 amide bonds. The van der Waals surface area contributed by atoms with Crippen LogP contribution in [0.2, 0.25) is 0 Å². The Kier molecular flexibility index (Phi) is 5.79. The van der Waals surface area contributed by atoms with Crippen molar-refractivity contribution in [2.45, 2.75) is 13.0 Å². The maximum atomic E-state index is 11.1. The lowest BCUT2D eigenvalue weighted by molar-refractivity contribution is 0.0696. The molecule has 0 unspecified atom stereocenters.